The number of nitro groups is 1. The molecule has 0 aliphatic rings. The van der Waals surface area contributed by atoms with Crippen LogP contribution in [0.3, 0.4) is 0 Å². The molecule has 0 bridgehead atoms. The first-order valence-corrected chi connectivity index (χ1v) is 9.42. The average Bonchev–Trinajstić information content (AvgIpc) is 2.68. The van der Waals surface area contributed by atoms with Gasteiger partial charge in [0.25, 0.3) is 5.69 Å². The van der Waals surface area contributed by atoms with Crippen LogP contribution < -0.4 is 15.4 Å². The molecular weight excluding hydrogens is 427 g/mol. The Hall–Kier alpha value is -3.89. The molecule has 0 aliphatic heterocycles. The second-order valence-electron chi connectivity index (χ2n) is 7.75. The average molecular weight is 447 g/mol. The molecule has 0 aliphatic carbocycles. The molecule has 3 aromatic rings. The number of hydrogen-bond donors (Lipinski definition) is 2. The van der Waals surface area contributed by atoms with Crippen LogP contribution in [-0.2, 0) is 6.18 Å². The van der Waals surface area contributed by atoms with E-state index >= 15 is 0 Å². The fourth-order valence-electron chi connectivity index (χ4n) is 2.67. The molecule has 168 valence electrons. The molecule has 2 N–H and O–H groups in total. The maximum Gasteiger partial charge on any atom is 0.421 e. The fourth-order valence-corrected chi connectivity index (χ4v) is 2.67. The number of ether oxygens (including phenoxy) is 1. The van der Waals surface area contributed by atoms with E-state index in [4.69, 9.17) is 4.74 Å². The largest absolute Gasteiger partial charge is 0.488 e. The number of rotatable bonds is 6. The van der Waals surface area contributed by atoms with E-state index in [0.717, 1.165) is 6.07 Å². The summed E-state index contributed by atoms with van der Waals surface area (Å²) < 4.78 is 46.0. The van der Waals surface area contributed by atoms with Gasteiger partial charge in [0.2, 0.25) is 5.95 Å². The highest BCUT2D eigenvalue weighted by Crippen LogP contribution is 2.35. The van der Waals surface area contributed by atoms with E-state index in [1.165, 1.54) is 18.2 Å². The van der Waals surface area contributed by atoms with Crippen LogP contribution in [0.4, 0.5) is 42.0 Å². The van der Waals surface area contributed by atoms with Crippen LogP contribution in [-0.4, -0.2) is 20.5 Å². The summed E-state index contributed by atoms with van der Waals surface area (Å²) in [5.41, 5.74) is -1.14. The standard InChI is InChI=1S/C21H20F3N5O3/c1-20(2,3)32-16-9-7-13(8-10-16)27-19-25-12-17(21(22,23)24)18(28-19)26-14-5-4-6-15(11-14)29(30)31/h4-12H,1-3H3,(H2,25,26,27,28). The molecule has 1 aromatic heterocycles. The van der Waals surface area contributed by atoms with Crippen LogP contribution in [0.1, 0.15) is 26.3 Å². The van der Waals surface area contributed by atoms with Crippen LogP contribution in [0.2, 0.25) is 0 Å². The molecule has 8 nitrogen and oxygen atoms in total. The predicted molar refractivity (Wildman–Crippen MR) is 114 cm³/mol. The highest BCUT2D eigenvalue weighted by molar-refractivity contribution is 5.64. The smallest absolute Gasteiger partial charge is 0.421 e. The summed E-state index contributed by atoms with van der Waals surface area (Å²) >= 11 is 0. The maximum atomic E-state index is 13.4. The number of non-ortho nitro benzene ring substituents is 1. The van der Waals surface area contributed by atoms with Crippen molar-refractivity contribution in [3.05, 3.63) is 70.4 Å². The molecule has 32 heavy (non-hydrogen) atoms. The first-order valence-electron chi connectivity index (χ1n) is 9.42. The lowest BCUT2D eigenvalue weighted by Crippen LogP contribution is -2.22. The van der Waals surface area contributed by atoms with Gasteiger partial charge in [0, 0.05) is 29.7 Å². The molecule has 3 rings (SSSR count). The first-order chi connectivity index (χ1) is 14.9. The van der Waals surface area contributed by atoms with Gasteiger partial charge < -0.3 is 15.4 Å². The highest BCUT2D eigenvalue weighted by atomic mass is 19.4. The monoisotopic (exact) mass is 447 g/mol. The lowest BCUT2D eigenvalue weighted by atomic mass is 10.2. The number of anilines is 4. The number of nitro benzene ring substituents is 1. The lowest BCUT2D eigenvalue weighted by Gasteiger charge is -2.21. The van der Waals surface area contributed by atoms with Crippen molar-refractivity contribution in [3.8, 4) is 5.75 Å². The summed E-state index contributed by atoms with van der Waals surface area (Å²) in [4.78, 5) is 18.0. The Morgan fingerprint density at radius 1 is 1.00 bits per heavy atom. The van der Waals surface area contributed by atoms with Gasteiger partial charge in [-0.25, -0.2) is 4.98 Å². The zero-order valence-electron chi connectivity index (χ0n) is 17.4. The molecule has 0 spiro atoms. The van der Waals surface area contributed by atoms with Gasteiger partial charge in [0.05, 0.1) is 4.92 Å². The third-order valence-corrected chi connectivity index (χ3v) is 3.95. The molecular formula is C21H20F3N5O3. The van der Waals surface area contributed by atoms with Crippen molar-refractivity contribution < 1.29 is 22.8 Å². The van der Waals surface area contributed by atoms with Crippen molar-refractivity contribution in [2.24, 2.45) is 0 Å². The maximum absolute atomic E-state index is 13.4. The zero-order valence-corrected chi connectivity index (χ0v) is 17.4. The minimum Gasteiger partial charge on any atom is -0.488 e. The molecule has 11 heteroatoms. The second kappa shape index (κ2) is 8.69. The van der Waals surface area contributed by atoms with Crippen LogP contribution in [0, 0.1) is 10.1 Å². The van der Waals surface area contributed by atoms with Crippen LogP contribution in [0.25, 0.3) is 0 Å². The summed E-state index contributed by atoms with van der Waals surface area (Å²) in [5, 5.41) is 16.3. The van der Waals surface area contributed by atoms with E-state index in [0.29, 0.717) is 17.6 Å². The van der Waals surface area contributed by atoms with Crippen molar-refractivity contribution in [1.29, 1.82) is 0 Å². The molecule has 0 fully saturated rings. The SMILES string of the molecule is CC(C)(C)Oc1ccc(Nc2ncc(C(F)(F)F)c(Nc3cccc([N+](=O)[O-])c3)n2)cc1. The van der Waals surface area contributed by atoms with E-state index in [2.05, 4.69) is 20.6 Å². The fraction of sp³-hybridized carbons (Fsp3) is 0.238. The topological polar surface area (TPSA) is 102 Å². The summed E-state index contributed by atoms with van der Waals surface area (Å²) in [7, 11) is 0. The van der Waals surface area contributed by atoms with E-state index in [1.807, 2.05) is 20.8 Å². The van der Waals surface area contributed by atoms with Crippen LogP contribution in [0.15, 0.2) is 54.7 Å². The minimum atomic E-state index is -4.73. The Labute approximate surface area is 181 Å². The third kappa shape index (κ3) is 6.06. The summed E-state index contributed by atoms with van der Waals surface area (Å²) in [6, 6.07) is 11.9. The third-order valence-electron chi connectivity index (χ3n) is 3.95. The molecule has 0 amide bonds. The van der Waals surface area contributed by atoms with Crippen molar-refractivity contribution in [2.75, 3.05) is 10.6 Å². The van der Waals surface area contributed by atoms with Gasteiger partial charge in [-0.3, -0.25) is 10.1 Å². The van der Waals surface area contributed by atoms with Gasteiger partial charge in [-0.1, -0.05) is 6.07 Å². The summed E-state index contributed by atoms with van der Waals surface area (Å²) in [6.07, 6.45) is -4.08. The summed E-state index contributed by atoms with van der Waals surface area (Å²) in [5.74, 6) is 0.00280. The van der Waals surface area contributed by atoms with Gasteiger partial charge in [-0.05, 0) is 51.1 Å². The first kappa shape index (κ1) is 22.8. The van der Waals surface area contributed by atoms with E-state index in [1.54, 1.807) is 24.3 Å². The van der Waals surface area contributed by atoms with Gasteiger partial charge in [-0.2, -0.15) is 18.2 Å². The van der Waals surface area contributed by atoms with Crippen LogP contribution >= 0.6 is 0 Å². The summed E-state index contributed by atoms with van der Waals surface area (Å²) in [6.45, 7) is 5.72. The number of alkyl halides is 3. The highest BCUT2D eigenvalue weighted by Gasteiger charge is 2.35. The number of nitrogens with zero attached hydrogens (tertiary/aromatic N) is 3. The Kier molecular flexibility index (Phi) is 6.19. The van der Waals surface area contributed by atoms with Crippen molar-refractivity contribution in [3.63, 3.8) is 0 Å². The molecule has 1 heterocycles. The normalized spacial score (nSPS) is 11.7. The number of hydrogen-bond acceptors (Lipinski definition) is 7. The lowest BCUT2D eigenvalue weighted by molar-refractivity contribution is -0.384. The Morgan fingerprint density at radius 3 is 2.28 bits per heavy atom. The number of halogens is 3. The molecule has 0 saturated heterocycles. The number of nitrogens with one attached hydrogen (secondary N) is 2. The second-order valence-corrected chi connectivity index (χ2v) is 7.75. The van der Waals surface area contributed by atoms with Crippen molar-refractivity contribution in [1.82, 2.24) is 9.97 Å². The Balaban J connectivity index is 1.87. The Morgan fingerprint density at radius 2 is 1.69 bits per heavy atom. The molecule has 0 unspecified atom stereocenters. The molecule has 2 aromatic carbocycles. The quantitative estimate of drug-likeness (QED) is 0.349. The van der Waals surface area contributed by atoms with Crippen molar-refractivity contribution in [2.45, 2.75) is 32.5 Å². The van der Waals surface area contributed by atoms with E-state index in [-0.39, 0.29) is 22.9 Å². The minimum absolute atomic E-state index is 0.0815. The Bertz CT molecular complexity index is 1110. The predicted octanol–water partition coefficient (Wildman–Crippen LogP) is 6.07. The van der Waals surface area contributed by atoms with E-state index < -0.39 is 22.5 Å². The van der Waals surface area contributed by atoms with Gasteiger partial charge >= 0.3 is 6.18 Å². The molecule has 0 atom stereocenters. The zero-order chi connectivity index (χ0) is 23.5. The molecule has 0 saturated carbocycles. The van der Waals surface area contributed by atoms with Crippen LogP contribution in [0.5, 0.6) is 5.75 Å². The van der Waals surface area contributed by atoms with Gasteiger partial charge in [0.1, 0.15) is 22.7 Å². The molecule has 0 radical (unpaired) electrons. The van der Waals surface area contributed by atoms with Gasteiger partial charge in [0.15, 0.2) is 0 Å². The number of benzene rings is 2. The number of aromatic nitrogens is 2. The van der Waals surface area contributed by atoms with Gasteiger partial charge in [-0.15, -0.1) is 0 Å². The van der Waals surface area contributed by atoms with Crippen molar-refractivity contribution >= 4 is 28.8 Å². The van der Waals surface area contributed by atoms with E-state index in [9.17, 15) is 23.3 Å².